The fraction of sp³-hybridized carbons (Fsp3) is 1.00. The Morgan fingerprint density at radius 2 is 1.92 bits per heavy atom. The van der Waals surface area contributed by atoms with E-state index in [1.807, 2.05) is 0 Å². The Morgan fingerprint density at radius 3 is 2.31 bits per heavy atom. The molecule has 0 radical (unpaired) electrons. The summed E-state index contributed by atoms with van der Waals surface area (Å²) < 4.78 is 0. The largest absolute Gasteiger partial charge is 0.327 e. The van der Waals surface area contributed by atoms with Crippen LogP contribution in [0.15, 0.2) is 0 Å². The van der Waals surface area contributed by atoms with Crippen LogP contribution in [0.5, 0.6) is 0 Å². The van der Waals surface area contributed by atoms with E-state index >= 15 is 0 Å². The topological polar surface area (TPSA) is 26.0 Å². The first kappa shape index (κ1) is 9.51. The van der Waals surface area contributed by atoms with Gasteiger partial charge in [0.25, 0.3) is 0 Å². The molecule has 0 aromatic heterocycles. The molecular formula is C12H23N. The Balaban J connectivity index is 1.89. The van der Waals surface area contributed by atoms with E-state index in [1.54, 1.807) is 0 Å². The van der Waals surface area contributed by atoms with Gasteiger partial charge in [0.15, 0.2) is 0 Å². The highest BCUT2D eigenvalue weighted by atomic mass is 14.7. The van der Waals surface area contributed by atoms with E-state index in [0.29, 0.717) is 11.5 Å². The normalized spacial score (nSPS) is 41.3. The summed E-state index contributed by atoms with van der Waals surface area (Å²) in [6, 6.07) is 0.427. The lowest BCUT2D eigenvalue weighted by atomic mass is 9.56. The summed E-state index contributed by atoms with van der Waals surface area (Å²) in [6.45, 7) is 4.53. The van der Waals surface area contributed by atoms with Gasteiger partial charge in [-0.25, -0.2) is 0 Å². The van der Waals surface area contributed by atoms with Crippen molar-refractivity contribution in [1.82, 2.24) is 0 Å². The van der Waals surface area contributed by atoms with Gasteiger partial charge in [-0.15, -0.1) is 0 Å². The first-order valence-electron chi connectivity index (χ1n) is 5.92. The predicted octanol–water partition coefficient (Wildman–Crippen LogP) is 2.94. The highest BCUT2D eigenvalue weighted by Gasteiger charge is 2.48. The molecule has 2 N–H and O–H groups in total. The average molecular weight is 181 g/mol. The number of rotatable bonds is 4. The Labute approximate surface area is 82.1 Å². The van der Waals surface area contributed by atoms with Crippen LogP contribution in [0.3, 0.4) is 0 Å². The van der Waals surface area contributed by atoms with E-state index < -0.39 is 0 Å². The Morgan fingerprint density at radius 1 is 1.31 bits per heavy atom. The summed E-state index contributed by atoms with van der Waals surface area (Å²) in [5.74, 6) is 2.04. The van der Waals surface area contributed by atoms with Crippen molar-refractivity contribution in [3.63, 3.8) is 0 Å². The number of nitrogens with two attached hydrogens (primary N) is 1. The van der Waals surface area contributed by atoms with Crippen molar-refractivity contribution < 1.29 is 0 Å². The fourth-order valence-corrected chi connectivity index (χ4v) is 3.00. The average Bonchev–Trinajstić information content (AvgIpc) is 2.78. The maximum Gasteiger partial charge on any atom is 0.00673 e. The van der Waals surface area contributed by atoms with Gasteiger partial charge >= 0.3 is 0 Å². The van der Waals surface area contributed by atoms with Crippen molar-refractivity contribution in [2.45, 2.75) is 58.4 Å². The maximum atomic E-state index is 6.13. The van der Waals surface area contributed by atoms with Crippen LogP contribution in [0.25, 0.3) is 0 Å². The number of hydrogen-bond donors (Lipinski definition) is 1. The van der Waals surface area contributed by atoms with Crippen LogP contribution in [-0.2, 0) is 0 Å². The molecule has 0 aromatic rings. The molecule has 0 saturated heterocycles. The maximum absolute atomic E-state index is 6.13. The lowest BCUT2D eigenvalue weighted by molar-refractivity contribution is 0.0152. The molecule has 1 heteroatoms. The molecule has 1 nitrogen and oxygen atoms in total. The van der Waals surface area contributed by atoms with Crippen molar-refractivity contribution in [3.8, 4) is 0 Å². The molecule has 13 heavy (non-hydrogen) atoms. The molecule has 2 aliphatic rings. The van der Waals surface area contributed by atoms with Crippen LogP contribution in [0.1, 0.15) is 52.4 Å². The standard InChI is InChI=1S/C12H23N/c1-3-10-6-12(7-10,9(2)13)8-11-4-5-11/h9-11H,3-8,13H2,1-2H3. The first-order chi connectivity index (χ1) is 6.16. The van der Waals surface area contributed by atoms with Gasteiger partial charge in [-0.2, -0.15) is 0 Å². The van der Waals surface area contributed by atoms with Crippen LogP contribution >= 0.6 is 0 Å². The van der Waals surface area contributed by atoms with Gasteiger partial charge in [0.1, 0.15) is 0 Å². The van der Waals surface area contributed by atoms with Crippen LogP contribution in [0, 0.1) is 17.3 Å². The molecule has 0 bridgehead atoms. The molecule has 2 rings (SSSR count). The van der Waals surface area contributed by atoms with Crippen molar-refractivity contribution in [2.24, 2.45) is 23.0 Å². The quantitative estimate of drug-likeness (QED) is 0.709. The lowest BCUT2D eigenvalue weighted by Gasteiger charge is -2.51. The monoisotopic (exact) mass is 181 g/mol. The number of hydrogen-bond acceptors (Lipinski definition) is 1. The zero-order valence-electron chi connectivity index (χ0n) is 9.05. The van der Waals surface area contributed by atoms with Gasteiger partial charge in [0, 0.05) is 6.04 Å². The molecule has 0 amide bonds. The van der Waals surface area contributed by atoms with Crippen LogP contribution < -0.4 is 5.73 Å². The summed E-state index contributed by atoms with van der Waals surface area (Å²) >= 11 is 0. The third kappa shape index (κ3) is 1.76. The SMILES string of the molecule is CCC1CC(CC2CC2)(C(C)N)C1. The third-order valence-electron chi connectivity index (χ3n) is 4.33. The summed E-state index contributed by atoms with van der Waals surface area (Å²) in [6.07, 6.45) is 8.58. The minimum Gasteiger partial charge on any atom is -0.327 e. The smallest absolute Gasteiger partial charge is 0.00673 e. The molecule has 2 fully saturated rings. The van der Waals surface area contributed by atoms with E-state index in [4.69, 9.17) is 5.73 Å². The summed E-state index contributed by atoms with van der Waals surface area (Å²) in [7, 11) is 0. The van der Waals surface area contributed by atoms with Gasteiger partial charge in [0.2, 0.25) is 0 Å². The van der Waals surface area contributed by atoms with Gasteiger partial charge in [-0.3, -0.25) is 0 Å². The van der Waals surface area contributed by atoms with E-state index in [9.17, 15) is 0 Å². The highest BCUT2D eigenvalue weighted by molar-refractivity contribution is 5.00. The molecule has 1 unspecified atom stereocenters. The lowest BCUT2D eigenvalue weighted by Crippen LogP contribution is -2.49. The summed E-state index contributed by atoms with van der Waals surface area (Å²) in [5, 5.41) is 0. The molecule has 2 aliphatic carbocycles. The second-order valence-electron chi connectivity index (χ2n) is 5.48. The summed E-state index contributed by atoms with van der Waals surface area (Å²) in [5.41, 5.74) is 6.68. The van der Waals surface area contributed by atoms with E-state index in [0.717, 1.165) is 11.8 Å². The Bertz CT molecular complexity index is 176. The molecule has 0 spiro atoms. The molecule has 0 aromatic carbocycles. The Hall–Kier alpha value is -0.0400. The molecule has 0 aliphatic heterocycles. The first-order valence-corrected chi connectivity index (χ1v) is 5.92. The zero-order chi connectivity index (χ0) is 9.47. The summed E-state index contributed by atoms with van der Waals surface area (Å²) in [4.78, 5) is 0. The van der Waals surface area contributed by atoms with E-state index in [2.05, 4.69) is 13.8 Å². The zero-order valence-corrected chi connectivity index (χ0v) is 9.05. The van der Waals surface area contributed by atoms with Crippen LogP contribution in [0.2, 0.25) is 0 Å². The van der Waals surface area contributed by atoms with Gasteiger partial charge < -0.3 is 5.73 Å². The molecule has 0 heterocycles. The Kier molecular flexibility index (Phi) is 2.39. The van der Waals surface area contributed by atoms with Crippen LogP contribution in [-0.4, -0.2) is 6.04 Å². The van der Waals surface area contributed by atoms with Gasteiger partial charge in [0.05, 0.1) is 0 Å². The molecule has 1 atom stereocenters. The minimum atomic E-state index is 0.427. The van der Waals surface area contributed by atoms with E-state index in [-0.39, 0.29) is 0 Å². The molecular weight excluding hydrogens is 158 g/mol. The fourth-order valence-electron chi connectivity index (χ4n) is 3.00. The van der Waals surface area contributed by atoms with Crippen molar-refractivity contribution in [1.29, 1.82) is 0 Å². The highest BCUT2D eigenvalue weighted by Crippen LogP contribution is 2.56. The second kappa shape index (κ2) is 3.27. The third-order valence-corrected chi connectivity index (χ3v) is 4.33. The van der Waals surface area contributed by atoms with Crippen molar-refractivity contribution >= 4 is 0 Å². The van der Waals surface area contributed by atoms with E-state index in [1.165, 1.54) is 38.5 Å². The van der Waals surface area contributed by atoms with Gasteiger partial charge in [-0.05, 0) is 43.4 Å². The molecule has 76 valence electrons. The van der Waals surface area contributed by atoms with Crippen molar-refractivity contribution in [3.05, 3.63) is 0 Å². The molecule has 2 saturated carbocycles. The minimum absolute atomic E-state index is 0.427. The van der Waals surface area contributed by atoms with Gasteiger partial charge in [-0.1, -0.05) is 26.2 Å². The second-order valence-corrected chi connectivity index (χ2v) is 5.48. The van der Waals surface area contributed by atoms with Crippen LogP contribution in [0.4, 0.5) is 0 Å². The van der Waals surface area contributed by atoms with Crippen molar-refractivity contribution in [2.75, 3.05) is 0 Å². The predicted molar refractivity (Wildman–Crippen MR) is 56.4 cm³/mol.